The average molecular weight is 468 g/mol. The van der Waals surface area contributed by atoms with E-state index in [0.717, 1.165) is 6.07 Å². The Morgan fingerprint density at radius 1 is 0.867 bits per heavy atom. The minimum Gasteiger partial charge on any atom is -0.465 e. The molecule has 1 atom stereocenters. The van der Waals surface area contributed by atoms with E-state index in [1.165, 1.54) is 18.2 Å². The van der Waals surface area contributed by atoms with Crippen LogP contribution in [0.5, 0.6) is 0 Å². The third-order valence-electron chi connectivity index (χ3n) is 3.93. The summed E-state index contributed by atoms with van der Waals surface area (Å²) in [6, 6.07) is 5.10. The number of hydrogen-bond donors (Lipinski definition) is 0. The zero-order chi connectivity index (χ0) is 22.8. The van der Waals surface area contributed by atoms with Crippen molar-refractivity contribution in [1.82, 2.24) is 0 Å². The minimum absolute atomic E-state index is 0.00148. The molecule has 30 heavy (non-hydrogen) atoms. The number of rotatable bonds is 14. The molecule has 8 nitrogen and oxygen atoms in total. The van der Waals surface area contributed by atoms with Crippen LogP contribution in [0.25, 0.3) is 0 Å². The van der Waals surface area contributed by atoms with Crippen molar-refractivity contribution in [2.45, 2.75) is 45.9 Å². The first-order valence-corrected chi connectivity index (χ1v) is 13.1. The van der Waals surface area contributed by atoms with Gasteiger partial charge in [-0.3, -0.25) is 13.9 Å². The zero-order valence-corrected chi connectivity index (χ0v) is 19.8. The Bertz CT molecular complexity index is 723. The van der Waals surface area contributed by atoms with Crippen molar-refractivity contribution in [1.29, 1.82) is 0 Å². The maximum atomic E-state index is 14.0. The molecule has 0 amide bonds. The van der Waals surface area contributed by atoms with E-state index in [4.69, 9.17) is 22.8 Å². The fourth-order valence-corrected chi connectivity index (χ4v) is 8.70. The van der Waals surface area contributed by atoms with Gasteiger partial charge in [0, 0.05) is 0 Å². The molecule has 0 aliphatic heterocycles. The largest absolute Gasteiger partial charge is 0.465 e. The third kappa shape index (κ3) is 6.71. The summed E-state index contributed by atoms with van der Waals surface area (Å²) in [4.78, 5) is 13.0. The highest BCUT2D eigenvalue weighted by Gasteiger charge is 2.58. The topological polar surface area (TPSA) is 97.4 Å². The number of carbonyl (C=O) groups excluding carboxylic acids is 1. The second-order valence-corrected chi connectivity index (χ2v) is 10.7. The Hall–Kier alpha value is -1.08. The lowest BCUT2D eigenvalue weighted by Gasteiger charge is -2.35. The highest BCUT2D eigenvalue weighted by Crippen LogP contribution is 2.74. The molecule has 1 aromatic rings. The number of benzene rings is 1. The quantitative estimate of drug-likeness (QED) is 0.267. The van der Waals surface area contributed by atoms with Gasteiger partial charge in [0.15, 0.2) is 5.40 Å². The Labute approximate surface area is 177 Å². The van der Waals surface area contributed by atoms with Crippen LogP contribution in [0.15, 0.2) is 24.3 Å². The predicted octanol–water partition coefficient (Wildman–Crippen LogP) is 5.33. The fraction of sp³-hybridized carbons (Fsp3) is 0.632. The maximum Gasteiger partial charge on any atom is 0.347 e. The van der Waals surface area contributed by atoms with Gasteiger partial charge in [0.1, 0.15) is 11.7 Å². The van der Waals surface area contributed by atoms with Gasteiger partial charge in [0.05, 0.1) is 33.0 Å². The van der Waals surface area contributed by atoms with E-state index in [-0.39, 0.29) is 38.6 Å². The van der Waals surface area contributed by atoms with E-state index >= 15 is 0 Å². The molecule has 0 aromatic heterocycles. The lowest BCUT2D eigenvalue weighted by molar-refractivity contribution is -0.144. The van der Waals surface area contributed by atoms with Crippen LogP contribution in [0.4, 0.5) is 4.39 Å². The van der Waals surface area contributed by atoms with Gasteiger partial charge < -0.3 is 22.8 Å². The fourth-order valence-electron chi connectivity index (χ4n) is 3.00. The maximum absolute atomic E-state index is 14.0. The normalized spacial score (nSPS) is 13.4. The predicted molar refractivity (Wildman–Crippen MR) is 111 cm³/mol. The van der Waals surface area contributed by atoms with Gasteiger partial charge in [0.2, 0.25) is 0 Å². The highest BCUT2D eigenvalue weighted by molar-refractivity contribution is 7.72. The standard InChI is InChI=1S/C19H31FO8P2/c1-6-24-18(21)17(15-12-11-13-16(20)14-15)19(29(22,25-7-2)26-8-3)30(23,27-9-4)28-10-5/h11-14,17,19H,6-10H2,1-5H3. The van der Waals surface area contributed by atoms with E-state index in [1.807, 2.05) is 0 Å². The molecule has 0 N–H and O–H groups in total. The lowest BCUT2D eigenvalue weighted by atomic mass is 10.0. The summed E-state index contributed by atoms with van der Waals surface area (Å²) in [5.74, 6) is -2.98. The number of halogens is 1. The smallest absolute Gasteiger partial charge is 0.347 e. The molecule has 172 valence electrons. The molecule has 1 rings (SSSR count). The molecule has 11 heteroatoms. The monoisotopic (exact) mass is 468 g/mol. The van der Waals surface area contributed by atoms with Gasteiger partial charge in [-0.1, -0.05) is 12.1 Å². The molecule has 0 saturated carbocycles. The molecule has 0 spiro atoms. The molecular formula is C19H31FO8P2. The molecular weight excluding hydrogens is 437 g/mol. The Balaban J connectivity index is 3.84. The van der Waals surface area contributed by atoms with Crippen molar-refractivity contribution in [3.63, 3.8) is 0 Å². The summed E-state index contributed by atoms with van der Waals surface area (Å²) in [7, 11) is -8.52. The minimum atomic E-state index is -4.26. The summed E-state index contributed by atoms with van der Waals surface area (Å²) in [6.45, 7) is 7.70. The first-order valence-electron chi connectivity index (χ1n) is 9.92. The van der Waals surface area contributed by atoms with Crippen LogP contribution in [0.3, 0.4) is 0 Å². The molecule has 0 aliphatic rings. The molecule has 0 fully saturated rings. The summed E-state index contributed by atoms with van der Waals surface area (Å²) in [6.07, 6.45) is 0. The van der Waals surface area contributed by atoms with Crippen molar-refractivity contribution < 1.29 is 41.1 Å². The summed E-state index contributed by atoms with van der Waals surface area (Å²) in [5.41, 5.74) is 0.0951. The van der Waals surface area contributed by atoms with Crippen LogP contribution in [0, 0.1) is 5.82 Å². The Morgan fingerprint density at radius 2 is 1.33 bits per heavy atom. The number of esters is 1. The number of ether oxygens (including phenoxy) is 1. The van der Waals surface area contributed by atoms with Crippen molar-refractivity contribution in [2.75, 3.05) is 33.0 Å². The van der Waals surface area contributed by atoms with E-state index in [1.54, 1.807) is 34.6 Å². The zero-order valence-electron chi connectivity index (χ0n) is 18.0. The SMILES string of the molecule is CCOC(=O)C(c1cccc(F)c1)C(P(=O)(OCC)OCC)P(=O)(OCC)OCC. The van der Waals surface area contributed by atoms with Gasteiger partial charge in [0.25, 0.3) is 0 Å². The van der Waals surface area contributed by atoms with E-state index in [0.29, 0.717) is 0 Å². The lowest BCUT2D eigenvalue weighted by Crippen LogP contribution is -2.31. The summed E-state index contributed by atoms with van der Waals surface area (Å²) < 4.78 is 68.6. The van der Waals surface area contributed by atoms with Crippen LogP contribution in [0.1, 0.15) is 46.1 Å². The third-order valence-corrected chi connectivity index (χ3v) is 9.99. The van der Waals surface area contributed by atoms with Gasteiger partial charge >= 0.3 is 21.2 Å². The second kappa shape index (κ2) is 12.7. The molecule has 1 unspecified atom stereocenters. The molecule has 0 radical (unpaired) electrons. The summed E-state index contributed by atoms with van der Waals surface area (Å²) >= 11 is 0. The number of carbonyl (C=O) groups is 1. The van der Waals surface area contributed by atoms with Crippen LogP contribution in [0.2, 0.25) is 0 Å². The second-order valence-electron chi connectivity index (χ2n) is 5.95. The van der Waals surface area contributed by atoms with Crippen LogP contribution < -0.4 is 0 Å². The molecule has 0 heterocycles. The van der Waals surface area contributed by atoms with Gasteiger partial charge in [-0.2, -0.15) is 0 Å². The number of hydrogen-bond acceptors (Lipinski definition) is 8. The van der Waals surface area contributed by atoms with Crippen molar-refractivity contribution in [2.24, 2.45) is 0 Å². The summed E-state index contributed by atoms with van der Waals surface area (Å²) in [5, 5.41) is -1.69. The van der Waals surface area contributed by atoms with Crippen LogP contribution in [-0.2, 0) is 36.8 Å². The van der Waals surface area contributed by atoms with Crippen LogP contribution in [-0.4, -0.2) is 44.4 Å². The first-order chi connectivity index (χ1) is 14.2. The highest BCUT2D eigenvalue weighted by atomic mass is 31.2. The molecule has 0 aliphatic carbocycles. The van der Waals surface area contributed by atoms with Crippen LogP contribution >= 0.6 is 15.2 Å². The molecule has 0 bridgehead atoms. The molecule has 0 saturated heterocycles. The first kappa shape index (κ1) is 27.0. The van der Waals surface area contributed by atoms with E-state index in [2.05, 4.69) is 0 Å². The van der Waals surface area contributed by atoms with Gasteiger partial charge in [-0.25, -0.2) is 4.39 Å². The van der Waals surface area contributed by atoms with Crippen molar-refractivity contribution in [3.8, 4) is 0 Å². The van der Waals surface area contributed by atoms with Gasteiger partial charge in [-0.15, -0.1) is 0 Å². The van der Waals surface area contributed by atoms with Crippen molar-refractivity contribution >= 4 is 21.2 Å². The average Bonchev–Trinajstić information content (AvgIpc) is 2.66. The van der Waals surface area contributed by atoms with Crippen molar-refractivity contribution in [3.05, 3.63) is 35.6 Å². The van der Waals surface area contributed by atoms with E-state index < -0.39 is 38.3 Å². The Morgan fingerprint density at radius 3 is 1.70 bits per heavy atom. The Kier molecular flexibility index (Phi) is 11.4. The van der Waals surface area contributed by atoms with Gasteiger partial charge in [-0.05, 0) is 52.3 Å². The van der Waals surface area contributed by atoms with E-state index in [9.17, 15) is 18.3 Å². The molecule has 1 aromatic carbocycles.